The summed E-state index contributed by atoms with van der Waals surface area (Å²) in [6.07, 6.45) is 9.30. The Morgan fingerprint density at radius 1 is 1.21 bits per heavy atom. The van der Waals surface area contributed by atoms with Gasteiger partial charge in [0.1, 0.15) is 5.75 Å². The Labute approximate surface area is 116 Å². The van der Waals surface area contributed by atoms with E-state index in [9.17, 15) is 0 Å². The molecule has 1 aromatic rings. The highest BCUT2D eigenvalue weighted by Gasteiger charge is 2.45. The van der Waals surface area contributed by atoms with Gasteiger partial charge in [0.15, 0.2) is 0 Å². The van der Waals surface area contributed by atoms with Gasteiger partial charge in [0, 0.05) is 17.5 Å². The van der Waals surface area contributed by atoms with E-state index in [1.54, 1.807) is 7.11 Å². The number of benzene rings is 1. The molecule has 2 saturated carbocycles. The molecule has 0 unspecified atom stereocenters. The fraction of sp³-hybridized carbons (Fsp3) is 0.647. The van der Waals surface area contributed by atoms with Crippen LogP contribution in [0.3, 0.4) is 0 Å². The smallest absolute Gasteiger partial charge is 0.122 e. The highest BCUT2D eigenvalue weighted by Crippen LogP contribution is 2.51. The average Bonchev–Trinajstić information content (AvgIpc) is 3.28. The summed E-state index contributed by atoms with van der Waals surface area (Å²) in [5.41, 5.74) is 9.09. The van der Waals surface area contributed by atoms with Crippen molar-refractivity contribution in [2.75, 3.05) is 13.7 Å². The van der Waals surface area contributed by atoms with Gasteiger partial charge in [0.05, 0.1) is 7.11 Å². The van der Waals surface area contributed by atoms with Crippen LogP contribution in [0.5, 0.6) is 5.75 Å². The Hall–Kier alpha value is -1.02. The van der Waals surface area contributed by atoms with Crippen molar-refractivity contribution in [3.8, 4) is 5.75 Å². The summed E-state index contributed by atoms with van der Waals surface area (Å²) in [7, 11) is 1.77. The molecule has 0 radical (unpaired) electrons. The predicted molar refractivity (Wildman–Crippen MR) is 78.8 cm³/mol. The number of ether oxygens (including phenoxy) is 1. The van der Waals surface area contributed by atoms with Crippen LogP contribution in [0.25, 0.3) is 0 Å². The van der Waals surface area contributed by atoms with E-state index in [1.165, 1.54) is 56.1 Å². The Morgan fingerprint density at radius 2 is 1.95 bits per heavy atom. The summed E-state index contributed by atoms with van der Waals surface area (Å²) < 4.78 is 5.56. The molecule has 2 N–H and O–H groups in total. The Kier molecular flexibility index (Phi) is 3.53. The molecule has 0 aromatic heterocycles. The summed E-state index contributed by atoms with van der Waals surface area (Å²) in [4.78, 5) is 0. The molecule has 104 valence electrons. The lowest BCUT2D eigenvalue weighted by atomic mass is 9.82. The highest BCUT2D eigenvalue weighted by atomic mass is 16.5. The van der Waals surface area contributed by atoms with Crippen LogP contribution in [0.15, 0.2) is 18.2 Å². The molecule has 2 nitrogen and oxygen atoms in total. The molecule has 2 heteroatoms. The molecule has 0 amide bonds. The molecule has 1 aromatic carbocycles. The van der Waals surface area contributed by atoms with E-state index in [1.807, 2.05) is 0 Å². The first-order valence-electron chi connectivity index (χ1n) is 7.67. The van der Waals surface area contributed by atoms with Crippen LogP contribution >= 0.6 is 0 Å². The summed E-state index contributed by atoms with van der Waals surface area (Å²) >= 11 is 0. The maximum absolute atomic E-state index is 6.00. The van der Waals surface area contributed by atoms with Crippen molar-refractivity contribution < 1.29 is 4.74 Å². The minimum Gasteiger partial charge on any atom is -0.496 e. The highest BCUT2D eigenvalue weighted by molar-refractivity contribution is 5.46. The first kappa shape index (κ1) is 13.0. The van der Waals surface area contributed by atoms with Crippen LogP contribution in [0.4, 0.5) is 0 Å². The van der Waals surface area contributed by atoms with Gasteiger partial charge in [-0.2, -0.15) is 0 Å². The van der Waals surface area contributed by atoms with E-state index in [-0.39, 0.29) is 5.41 Å². The monoisotopic (exact) mass is 259 g/mol. The number of methoxy groups -OCH3 is 1. The predicted octanol–water partition coefficient (Wildman–Crippen LogP) is 3.73. The van der Waals surface area contributed by atoms with E-state index < -0.39 is 0 Å². The van der Waals surface area contributed by atoms with Crippen molar-refractivity contribution in [1.82, 2.24) is 0 Å². The third kappa shape index (κ3) is 2.38. The molecule has 0 atom stereocenters. The Morgan fingerprint density at radius 3 is 2.53 bits per heavy atom. The first-order chi connectivity index (χ1) is 9.29. The van der Waals surface area contributed by atoms with E-state index in [4.69, 9.17) is 10.5 Å². The lowest BCUT2D eigenvalue weighted by Gasteiger charge is -2.25. The molecular weight excluding hydrogens is 234 g/mol. The van der Waals surface area contributed by atoms with Crippen LogP contribution < -0.4 is 10.5 Å². The number of hydrogen-bond acceptors (Lipinski definition) is 2. The second-order valence-corrected chi connectivity index (χ2v) is 6.28. The molecule has 2 fully saturated rings. The number of nitrogens with two attached hydrogens (primary N) is 1. The van der Waals surface area contributed by atoms with Crippen molar-refractivity contribution in [1.29, 1.82) is 0 Å². The Bertz CT molecular complexity index is 445. The van der Waals surface area contributed by atoms with Gasteiger partial charge in [0.2, 0.25) is 0 Å². The minimum atomic E-state index is 0.218. The zero-order chi connectivity index (χ0) is 13.3. The average molecular weight is 259 g/mol. The molecule has 19 heavy (non-hydrogen) atoms. The van der Waals surface area contributed by atoms with Gasteiger partial charge < -0.3 is 10.5 Å². The lowest BCUT2D eigenvalue weighted by Crippen LogP contribution is -2.21. The van der Waals surface area contributed by atoms with Gasteiger partial charge in [0.25, 0.3) is 0 Å². The van der Waals surface area contributed by atoms with Gasteiger partial charge >= 0.3 is 0 Å². The van der Waals surface area contributed by atoms with Crippen molar-refractivity contribution in [2.24, 2.45) is 5.73 Å². The van der Waals surface area contributed by atoms with Crippen molar-refractivity contribution in [3.63, 3.8) is 0 Å². The molecule has 2 aliphatic rings. The molecule has 0 spiro atoms. The summed E-state index contributed by atoms with van der Waals surface area (Å²) in [6.45, 7) is 0.747. The summed E-state index contributed by atoms with van der Waals surface area (Å²) in [5, 5.41) is 0. The van der Waals surface area contributed by atoms with Crippen LogP contribution in [-0.2, 0) is 5.41 Å². The van der Waals surface area contributed by atoms with E-state index >= 15 is 0 Å². The number of hydrogen-bond donors (Lipinski definition) is 1. The molecular formula is C17H25NO. The molecule has 0 bridgehead atoms. The van der Waals surface area contributed by atoms with Crippen molar-refractivity contribution in [3.05, 3.63) is 29.3 Å². The van der Waals surface area contributed by atoms with E-state index in [2.05, 4.69) is 18.2 Å². The van der Waals surface area contributed by atoms with Gasteiger partial charge in [-0.25, -0.2) is 0 Å². The third-order valence-corrected chi connectivity index (χ3v) is 5.12. The zero-order valence-corrected chi connectivity index (χ0v) is 12.0. The molecule has 0 aliphatic heterocycles. The first-order valence-corrected chi connectivity index (χ1v) is 7.67. The molecule has 0 saturated heterocycles. The normalized spacial score (nSPS) is 22.2. The molecule has 3 rings (SSSR count). The van der Waals surface area contributed by atoms with Gasteiger partial charge in [-0.05, 0) is 43.2 Å². The quantitative estimate of drug-likeness (QED) is 0.894. The summed E-state index contributed by atoms with van der Waals surface area (Å²) in [5.74, 6) is 1.79. The topological polar surface area (TPSA) is 35.2 Å². The largest absolute Gasteiger partial charge is 0.496 e. The maximum Gasteiger partial charge on any atom is 0.122 e. The van der Waals surface area contributed by atoms with Crippen LogP contribution in [0.2, 0.25) is 0 Å². The van der Waals surface area contributed by atoms with Gasteiger partial charge in [-0.1, -0.05) is 31.4 Å². The van der Waals surface area contributed by atoms with Crippen LogP contribution in [0.1, 0.15) is 62.0 Å². The van der Waals surface area contributed by atoms with Gasteiger partial charge in [-0.15, -0.1) is 0 Å². The standard InChI is InChI=1S/C17H25NO/c1-19-16-8-7-14(13-5-3-2-4-6-13)11-15(16)17(12-18)9-10-17/h7-8,11,13H,2-6,9-10,12,18H2,1H3. The Balaban J connectivity index is 1.92. The molecule has 0 heterocycles. The van der Waals surface area contributed by atoms with Crippen molar-refractivity contribution >= 4 is 0 Å². The van der Waals surface area contributed by atoms with Crippen LogP contribution in [-0.4, -0.2) is 13.7 Å². The van der Waals surface area contributed by atoms with E-state index in [0.717, 1.165) is 18.2 Å². The second kappa shape index (κ2) is 5.16. The fourth-order valence-electron chi connectivity index (χ4n) is 3.56. The third-order valence-electron chi connectivity index (χ3n) is 5.12. The van der Waals surface area contributed by atoms with Crippen molar-refractivity contribution in [2.45, 2.75) is 56.3 Å². The zero-order valence-electron chi connectivity index (χ0n) is 12.0. The lowest BCUT2D eigenvalue weighted by molar-refractivity contribution is 0.402. The summed E-state index contributed by atoms with van der Waals surface area (Å²) in [6, 6.07) is 6.83. The number of rotatable bonds is 4. The SMILES string of the molecule is COc1ccc(C2CCCCC2)cc1C1(CN)CC1. The second-order valence-electron chi connectivity index (χ2n) is 6.28. The van der Waals surface area contributed by atoms with E-state index in [0.29, 0.717) is 0 Å². The van der Waals surface area contributed by atoms with Gasteiger partial charge in [-0.3, -0.25) is 0 Å². The van der Waals surface area contributed by atoms with Crippen LogP contribution in [0, 0.1) is 0 Å². The minimum absolute atomic E-state index is 0.218. The molecule has 2 aliphatic carbocycles. The fourth-order valence-corrected chi connectivity index (χ4v) is 3.56. The maximum atomic E-state index is 6.00.